The first-order valence-corrected chi connectivity index (χ1v) is 11.6. The third kappa shape index (κ3) is 3.24. The van der Waals surface area contributed by atoms with Crippen LogP contribution in [0, 0.1) is 17.8 Å². The van der Waals surface area contributed by atoms with Crippen molar-refractivity contribution in [2.24, 2.45) is 17.8 Å². The second-order valence-corrected chi connectivity index (χ2v) is 9.54. The highest BCUT2D eigenvalue weighted by molar-refractivity contribution is 9.10. The van der Waals surface area contributed by atoms with Crippen LogP contribution in [0.25, 0.3) is 11.3 Å². The van der Waals surface area contributed by atoms with Gasteiger partial charge in [-0.1, -0.05) is 23.7 Å². The second kappa shape index (κ2) is 7.81. The van der Waals surface area contributed by atoms with Gasteiger partial charge in [-0.2, -0.15) is 0 Å². The van der Waals surface area contributed by atoms with E-state index in [1.54, 1.807) is 7.11 Å². The molecular weight excluding hydrogens is 468 g/mol. The molecule has 30 heavy (non-hydrogen) atoms. The molecule has 0 N–H and O–H groups in total. The third-order valence-corrected chi connectivity index (χ3v) is 8.07. The van der Waals surface area contributed by atoms with Crippen molar-refractivity contribution in [3.63, 3.8) is 0 Å². The Morgan fingerprint density at radius 2 is 2.10 bits per heavy atom. The van der Waals surface area contributed by atoms with Crippen LogP contribution in [0.5, 0.6) is 5.88 Å². The van der Waals surface area contributed by atoms with Crippen molar-refractivity contribution < 1.29 is 14.3 Å². The first-order chi connectivity index (χ1) is 14.5. The molecule has 0 radical (unpaired) electrons. The zero-order chi connectivity index (χ0) is 21.0. The van der Waals surface area contributed by atoms with Crippen LogP contribution in [0.1, 0.15) is 30.5 Å². The monoisotopic (exact) mass is 490 g/mol. The number of fused-ring (bicyclic) bond motifs is 2. The number of carbonyl (C=O) groups is 1. The molecule has 5 rings (SSSR count). The average Bonchev–Trinajstić information content (AvgIpc) is 3.05. The van der Waals surface area contributed by atoms with Gasteiger partial charge in [0.05, 0.1) is 30.4 Å². The van der Waals surface area contributed by atoms with Crippen LogP contribution in [0.15, 0.2) is 28.7 Å². The molecule has 5 nitrogen and oxygen atoms in total. The van der Waals surface area contributed by atoms with Crippen LogP contribution in [0.3, 0.4) is 0 Å². The number of methoxy groups -OCH3 is 1. The van der Waals surface area contributed by atoms with E-state index in [0.717, 1.165) is 41.7 Å². The Hall–Kier alpha value is -1.63. The highest BCUT2D eigenvalue weighted by Crippen LogP contribution is 2.56. The fourth-order valence-corrected chi connectivity index (χ4v) is 5.93. The second-order valence-electron chi connectivity index (χ2n) is 8.30. The van der Waals surface area contributed by atoms with Crippen LogP contribution < -0.4 is 4.74 Å². The summed E-state index contributed by atoms with van der Waals surface area (Å²) in [6.45, 7) is 4.22. The summed E-state index contributed by atoms with van der Waals surface area (Å²) in [5, 5.41) is 0.659. The lowest BCUT2D eigenvalue weighted by Crippen LogP contribution is -2.30. The van der Waals surface area contributed by atoms with Crippen molar-refractivity contribution in [1.29, 1.82) is 0 Å². The molecule has 1 aromatic heterocycles. The maximum atomic E-state index is 12.1. The number of aryl methyl sites for hydroxylation is 1. The van der Waals surface area contributed by atoms with Crippen molar-refractivity contribution in [2.75, 3.05) is 26.8 Å². The van der Waals surface area contributed by atoms with E-state index in [1.165, 1.54) is 11.1 Å². The molecular formula is C23H24BrClN2O3. The van der Waals surface area contributed by atoms with Crippen LogP contribution in [0.2, 0.25) is 5.02 Å². The minimum Gasteiger partial charge on any atom is -0.481 e. The summed E-state index contributed by atoms with van der Waals surface area (Å²) in [7, 11) is 1.68. The van der Waals surface area contributed by atoms with E-state index in [9.17, 15) is 4.79 Å². The quantitative estimate of drug-likeness (QED) is 0.557. The fourth-order valence-electron chi connectivity index (χ4n) is 5.34. The molecule has 0 amide bonds. The molecule has 1 aliphatic heterocycles. The standard InChI is InChI=1S/C23H24BrClN2O3/c1-3-30-23(28)20-14-10-27(11-15(14)20)18-8-7-12-9-17(26-22(29-2)19(12)18)13-5-4-6-16(24)21(13)25/h4-6,9,14-15,18,20H,3,7-8,10-11H2,1-2H3/t14-,15+,18-,20?/m0/s1. The Morgan fingerprint density at radius 3 is 2.80 bits per heavy atom. The van der Waals surface area contributed by atoms with Gasteiger partial charge < -0.3 is 9.47 Å². The maximum absolute atomic E-state index is 12.1. The Balaban J connectivity index is 1.40. The van der Waals surface area contributed by atoms with Crippen LogP contribution in [-0.4, -0.2) is 42.7 Å². The number of esters is 1. The van der Waals surface area contributed by atoms with Crippen molar-refractivity contribution in [2.45, 2.75) is 25.8 Å². The number of ether oxygens (including phenoxy) is 2. The van der Waals surface area contributed by atoms with Crippen molar-refractivity contribution in [3.05, 3.63) is 44.9 Å². The number of rotatable bonds is 5. The van der Waals surface area contributed by atoms with Crippen molar-refractivity contribution in [1.82, 2.24) is 9.88 Å². The number of pyridine rings is 1. The molecule has 2 fully saturated rings. The largest absolute Gasteiger partial charge is 0.481 e. The molecule has 0 bridgehead atoms. The Kier molecular flexibility index (Phi) is 5.28. The van der Waals surface area contributed by atoms with Crippen LogP contribution >= 0.6 is 27.5 Å². The number of carbonyl (C=O) groups excluding carboxylic acids is 1. The van der Waals surface area contributed by atoms with Crippen molar-refractivity contribution >= 4 is 33.5 Å². The minimum absolute atomic E-state index is 0.0197. The lowest BCUT2D eigenvalue weighted by molar-refractivity contribution is -0.145. The van der Waals surface area contributed by atoms with E-state index in [4.69, 9.17) is 26.1 Å². The number of halogens is 2. The molecule has 0 spiro atoms. The summed E-state index contributed by atoms with van der Waals surface area (Å²) in [5.74, 6) is 1.64. The summed E-state index contributed by atoms with van der Waals surface area (Å²) in [6.07, 6.45) is 2.04. The van der Waals surface area contributed by atoms with Gasteiger partial charge >= 0.3 is 5.97 Å². The minimum atomic E-state index is -0.0197. The Morgan fingerprint density at radius 1 is 1.33 bits per heavy atom. The molecule has 1 unspecified atom stereocenters. The molecule has 1 saturated heterocycles. The molecule has 1 aromatic carbocycles. The van der Waals surface area contributed by atoms with E-state index < -0.39 is 0 Å². The highest BCUT2D eigenvalue weighted by Gasteiger charge is 2.61. The zero-order valence-corrected chi connectivity index (χ0v) is 19.4. The van der Waals surface area contributed by atoms with E-state index in [2.05, 4.69) is 26.9 Å². The van der Waals surface area contributed by atoms with E-state index in [-0.39, 0.29) is 11.9 Å². The number of piperidine rings is 1. The molecule has 1 saturated carbocycles. The number of benzene rings is 1. The first-order valence-electron chi connectivity index (χ1n) is 10.5. The summed E-state index contributed by atoms with van der Waals surface area (Å²) in [6, 6.07) is 8.33. The molecule has 7 heteroatoms. The van der Waals surface area contributed by atoms with E-state index in [0.29, 0.717) is 35.4 Å². The summed E-state index contributed by atoms with van der Waals surface area (Å²) < 4.78 is 11.8. The summed E-state index contributed by atoms with van der Waals surface area (Å²) >= 11 is 10.0. The number of hydrogen-bond acceptors (Lipinski definition) is 5. The lowest BCUT2D eigenvalue weighted by atomic mass is 10.0. The topological polar surface area (TPSA) is 51.7 Å². The van der Waals surface area contributed by atoms with Gasteiger partial charge in [-0.3, -0.25) is 9.69 Å². The molecule has 2 aromatic rings. The predicted octanol–water partition coefficient (Wildman–Crippen LogP) is 4.90. The van der Waals surface area contributed by atoms with Gasteiger partial charge in [0.25, 0.3) is 0 Å². The number of hydrogen-bond donors (Lipinski definition) is 0. The summed E-state index contributed by atoms with van der Waals surface area (Å²) in [5.41, 5.74) is 4.21. The maximum Gasteiger partial charge on any atom is 0.309 e. The van der Waals surface area contributed by atoms with E-state index in [1.807, 2.05) is 25.1 Å². The SMILES string of the molecule is CCOC(=O)C1[C@H]2CN([C@H]3CCc4cc(-c5cccc(Br)c5Cl)nc(OC)c43)C[C@@H]12. The number of likely N-dealkylation sites (tertiary alicyclic amines) is 1. The van der Waals surface area contributed by atoms with Gasteiger partial charge in [0.1, 0.15) is 0 Å². The Bertz CT molecular complexity index is 1000. The number of nitrogens with zero attached hydrogens (tertiary/aromatic N) is 2. The highest BCUT2D eigenvalue weighted by atomic mass is 79.9. The van der Waals surface area contributed by atoms with Gasteiger partial charge in [0.15, 0.2) is 0 Å². The Labute approximate surface area is 189 Å². The van der Waals surface area contributed by atoms with Gasteiger partial charge in [0, 0.05) is 34.7 Å². The third-order valence-electron chi connectivity index (χ3n) is 6.77. The summed E-state index contributed by atoms with van der Waals surface area (Å²) in [4.78, 5) is 19.4. The van der Waals surface area contributed by atoms with Crippen LogP contribution in [0.4, 0.5) is 0 Å². The first kappa shape index (κ1) is 20.3. The average molecular weight is 492 g/mol. The van der Waals surface area contributed by atoms with Gasteiger partial charge in [-0.25, -0.2) is 4.98 Å². The fraction of sp³-hybridized carbons (Fsp3) is 0.478. The predicted molar refractivity (Wildman–Crippen MR) is 119 cm³/mol. The number of aromatic nitrogens is 1. The molecule has 2 heterocycles. The molecule has 3 aliphatic rings. The van der Waals surface area contributed by atoms with Crippen LogP contribution in [-0.2, 0) is 16.0 Å². The van der Waals surface area contributed by atoms with E-state index >= 15 is 0 Å². The smallest absolute Gasteiger partial charge is 0.309 e. The lowest BCUT2D eigenvalue weighted by Gasteiger charge is -2.28. The molecule has 158 valence electrons. The van der Waals surface area contributed by atoms with Gasteiger partial charge in [-0.05, 0) is 65.2 Å². The van der Waals surface area contributed by atoms with Crippen molar-refractivity contribution in [3.8, 4) is 17.1 Å². The molecule has 4 atom stereocenters. The zero-order valence-electron chi connectivity index (χ0n) is 17.0. The van der Waals surface area contributed by atoms with Gasteiger partial charge in [-0.15, -0.1) is 0 Å². The van der Waals surface area contributed by atoms with Gasteiger partial charge in [0.2, 0.25) is 5.88 Å². The molecule has 2 aliphatic carbocycles. The normalized spacial score (nSPS) is 26.9.